The number of sulfonamides is 1. The molecule has 0 aliphatic rings. The molecule has 102 valence electrons. The van der Waals surface area contributed by atoms with Gasteiger partial charge in [-0.1, -0.05) is 0 Å². The Kier molecular flexibility index (Phi) is 4.31. The zero-order valence-corrected chi connectivity index (χ0v) is 11.8. The molecule has 1 heterocycles. The standard InChI is InChI=1S/C11H19N3O3S/c1-11(2,8-15)14(4)18(16,17)10-7-13-6-5-9(10)12-3/h5-7,15H,8H2,1-4H3,(H,12,13). The molecule has 18 heavy (non-hydrogen) atoms. The molecule has 1 aromatic heterocycles. The van der Waals surface area contributed by atoms with E-state index in [1.807, 2.05) is 0 Å². The molecule has 7 heteroatoms. The highest BCUT2D eigenvalue weighted by Crippen LogP contribution is 2.26. The van der Waals surface area contributed by atoms with Crippen LogP contribution in [0.15, 0.2) is 23.4 Å². The van der Waals surface area contributed by atoms with E-state index in [0.29, 0.717) is 5.69 Å². The second-order valence-corrected chi connectivity index (χ2v) is 6.50. The fraction of sp³-hybridized carbons (Fsp3) is 0.545. The highest BCUT2D eigenvalue weighted by molar-refractivity contribution is 7.89. The third-order valence-electron chi connectivity index (χ3n) is 2.93. The van der Waals surface area contributed by atoms with Gasteiger partial charge in [-0.3, -0.25) is 4.98 Å². The van der Waals surface area contributed by atoms with Crippen LogP contribution < -0.4 is 5.32 Å². The first-order chi connectivity index (χ1) is 8.27. The monoisotopic (exact) mass is 273 g/mol. The molecule has 0 fully saturated rings. The molecule has 0 saturated heterocycles. The van der Waals surface area contributed by atoms with Crippen LogP contribution >= 0.6 is 0 Å². The predicted molar refractivity (Wildman–Crippen MR) is 69.9 cm³/mol. The van der Waals surface area contributed by atoms with Crippen molar-refractivity contribution in [2.75, 3.05) is 26.0 Å². The van der Waals surface area contributed by atoms with Crippen molar-refractivity contribution in [2.24, 2.45) is 0 Å². The lowest BCUT2D eigenvalue weighted by Gasteiger charge is -2.33. The molecule has 6 nitrogen and oxygen atoms in total. The number of pyridine rings is 1. The van der Waals surface area contributed by atoms with Crippen LogP contribution in [0.5, 0.6) is 0 Å². The van der Waals surface area contributed by atoms with E-state index in [1.54, 1.807) is 27.0 Å². The minimum Gasteiger partial charge on any atom is -0.394 e. The average Bonchev–Trinajstić information content (AvgIpc) is 2.37. The van der Waals surface area contributed by atoms with Crippen LogP contribution in [0, 0.1) is 0 Å². The fourth-order valence-corrected chi connectivity index (χ4v) is 3.01. The summed E-state index contributed by atoms with van der Waals surface area (Å²) in [5.41, 5.74) is -0.398. The number of aromatic nitrogens is 1. The zero-order valence-electron chi connectivity index (χ0n) is 11.0. The van der Waals surface area contributed by atoms with Gasteiger partial charge < -0.3 is 10.4 Å². The summed E-state index contributed by atoms with van der Waals surface area (Å²) in [5, 5.41) is 12.1. The van der Waals surface area contributed by atoms with Crippen LogP contribution in [0.3, 0.4) is 0 Å². The van der Waals surface area contributed by atoms with Gasteiger partial charge in [-0.05, 0) is 19.9 Å². The second kappa shape index (κ2) is 5.21. The summed E-state index contributed by atoms with van der Waals surface area (Å²) >= 11 is 0. The van der Waals surface area contributed by atoms with Gasteiger partial charge in [-0.2, -0.15) is 4.31 Å². The Hall–Kier alpha value is -1.18. The van der Waals surface area contributed by atoms with Crippen molar-refractivity contribution >= 4 is 15.7 Å². The Morgan fingerprint density at radius 1 is 1.50 bits per heavy atom. The molecule has 0 spiro atoms. The Morgan fingerprint density at radius 2 is 2.11 bits per heavy atom. The molecule has 0 aromatic carbocycles. The summed E-state index contributed by atoms with van der Waals surface area (Å²) in [6.07, 6.45) is 2.81. The zero-order chi connectivity index (χ0) is 14.0. The molecule has 0 unspecified atom stereocenters. The molecule has 0 bridgehead atoms. The number of aliphatic hydroxyl groups is 1. The van der Waals surface area contributed by atoms with Crippen LogP contribution in [0.25, 0.3) is 0 Å². The van der Waals surface area contributed by atoms with Crippen molar-refractivity contribution in [2.45, 2.75) is 24.3 Å². The molecule has 0 aliphatic heterocycles. The Bertz CT molecular complexity index is 514. The molecule has 1 aromatic rings. The molecular weight excluding hydrogens is 254 g/mol. The molecule has 0 atom stereocenters. The SMILES string of the molecule is CNc1ccncc1S(=O)(=O)N(C)C(C)(C)CO. The Balaban J connectivity index is 3.30. The van der Waals surface area contributed by atoms with Gasteiger partial charge >= 0.3 is 0 Å². The number of hydrogen-bond acceptors (Lipinski definition) is 5. The molecule has 2 N–H and O–H groups in total. The van der Waals surface area contributed by atoms with E-state index in [9.17, 15) is 13.5 Å². The summed E-state index contributed by atoms with van der Waals surface area (Å²) in [4.78, 5) is 3.94. The molecule has 0 radical (unpaired) electrons. The topological polar surface area (TPSA) is 82.5 Å². The number of hydrogen-bond donors (Lipinski definition) is 2. The minimum absolute atomic E-state index is 0.0940. The smallest absolute Gasteiger partial charge is 0.246 e. The van der Waals surface area contributed by atoms with Gasteiger partial charge in [-0.15, -0.1) is 0 Å². The van der Waals surface area contributed by atoms with Crippen molar-refractivity contribution in [3.05, 3.63) is 18.5 Å². The molecule has 0 amide bonds. The number of likely N-dealkylation sites (N-methyl/N-ethyl adjacent to an activating group) is 1. The third-order valence-corrected chi connectivity index (χ3v) is 5.03. The molecule has 1 rings (SSSR count). The lowest BCUT2D eigenvalue weighted by Crippen LogP contribution is -2.47. The van der Waals surface area contributed by atoms with Gasteiger partial charge in [0.1, 0.15) is 4.90 Å². The number of anilines is 1. The normalized spacial score (nSPS) is 12.8. The van der Waals surface area contributed by atoms with Crippen LogP contribution in [0.4, 0.5) is 5.69 Å². The third kappa shape index (κ3) is 2.63. The van der Waals surface area contributed by atoms with Crippen molar-refractivity contribution in [3.8, 4) is 0 Å². The van der Waals surface area contributed by atoms with Crippen molar-refractivity contribution in [3.63, 3.8) is 0 Å². The van der Waals surface area contributed by atoms with E-state index in [2.05, 4.69) is 10.3 Å². The number of nitrogens with zero attached hydrogens (tertiary/aromatic N) is 2. The summed E-state index contributed by atoms with van der Waals surface area (Å²) in [7, 11) is -0.616. The second-order valence-electron chi connectivity index (χ2n) is 4.56. The quantitative estimate of drug-likeness (QED) is 0.817. The highest BCUT2D eigenvalue weighted by Gasteiger charge is 2.34. The molecule has 0 aliphatic carbocycles. The molecular formula is C11H19N3O3S. The van der Waals surface area contributed by atoms with Crippen molar-refractivity contribution < 1.29 is 13.5 Å². The van der Waals surface area contributed by atoms with Crippen LogP contribution in [0.2, 0.25) is 0 Å². The first-order valence-corrected chi connectivity index (χ1v) is 6.93. The van der Waals surface area contributed by atoms with Gasteiger partial charge in [0.15, 0.2) is 0 Å². The van der Waals surface area contributed by atoms with E-state index < -0.39 is 15.6 Å². The van der Waals surface area contributed by atoms with Crippen molar-refractivity contribution in [1.82, 2.24) is 9.29 Å². The lowest BCUT2D eigenvalue weighted by atomic mass is 10.1. The highest BCUT2D eigenvalue weighted by atomic mass is 32.2. The molecule has 0 saturated carbocycles. The summed E-state index contributed by atoms with van der Waals surface area (Å²) in [6.45, 7) is 3.04. The fourth-order valence-electron chi connectivity index (χ4n) is 1.36. The number of nitrogens with one attached hydrogen (secondary N) is 1. The van der Waals surface area contributed by atoms with Gasteiger partial charge in [0.05, 0.1) is 17.8 Å². The number of rotatable bonds is 5. The van der Waals surface area contributed by atoms with Gasteiger partial charge in [0, 0.05) is 26.5 Å². The van der Waals surface area contributed by atoms with Gasteiger partial charge in [0.2, 0.25) is 10.0 Å². The Labute approximate surface area is 108 Å². The van der Waals surface area contributed by atoms with Gasteiger partial charge in [0.25, 0.3) is 0 Å². The summed E-state index contributed by atoms with van der Waals surface area (Å²) < 4.78 is 26.1. The maximum absolute atomic E-state index is 12.5. The van der Waals surface area contributed by atoms with E-state index in [1.165, 1.54) is 19.4 Å². The minimum atomic E-state index is -3.70. The van der Waals surface area contributed by atoms with Crippen LogP contribution in [0.1, 0.15) is 13.8 Å². The van der Waals surface area contributed by atoms with Gasteiger partial charge in [-0.25, -0.2) is 8.42 Å². The van der Waals surface area contributed by atoms with Crippen LogP contribution in [-0.4, -0.2) is 49.1 Å². The lowest BCUT2D eigenvalue weighted by molar-refractivity contribution is 0.138. The maximum Gasteiger partial charge on any atom is 0.246 e. The summed E-state index contributed by atoms with van der Waals surface area (Å²) in [5.74, 6) is 0. The average molecular weight is 273 g/mol. The first-order valence-electron chi connectivity index (χ1n) is 5.49. The van der Waals surface area contributed by atoms with Crippen molar-refractivity contribution in [1.29, 1.82) is 0 Å². The first kappa shape index (κ1) is 14.9. The van der Waals surface area contributed by atoms with Crippen LogP contribution in [-0.2, 0) is 10.0 Å². The summed E-state index contributed by atoms with van der Waals surface area (Å²) in [6, 6.07) is 1.59. The van der Waals surface area contributed by atoms with E-state index in [-0.39, 0.29) is 11.5 Å². The van der Waals surface area contributed by atoms with E-state index >= 15 is 0 Å². The van der Waals surface area contributed by atoms with E-state index in [4.69, 9.17) is 0 Å². The Morgan fingerprint density at radius 3 is 2.61 bits per heavy atom. The maximum atomic E-state index is 12.5. The predicted octanol–water partition coefficient (Wildman–Crippen LogP) is 0.515. The largest absolute Gasteiger partial charge is 0.394 e. The number of aliphatic hydroxyl groups excluding tert-OH is 1. The van der Waals surface area contributed by atoms with E-state index in [0.717, 1.165) is 4.31 Å².